The molecule has 0 saturated carbocycles. The van der Waals surface area contributed by atoms with Gasteiger partial charge in [-0.15, -0.1) is 0 Å². The van der Waals surface area contributed by atoms with E-state index in [2.05, 4.69) is 13.8 Å². The van der Waals surface area contributed by atoms with E-state index >= 15 is 0 Å². The Morgan fingerprint density at radius 1 is 0.580 bits per heavy atom. The van der Waals surface area contributed by atoms with Crippen LogP contribution in [0.5, 0.6) is 17.2 Å². The van der Waals surface area contributed by atoms with Crippen molar-refractivity contribution < 1.29 is 76.6 Å². The number of aliphatic carboxylic acids is 1. The first-order valence-corrected chi connectivity index (χ1v) is 30.6. The predicted octanol–water partition coefficient (Wildman–Crippen LogP) is 14.8. The topological polar surface area (TPSA) is 214 Å². The first-order valence-electron chi connectivity index (χ1n) is 30.6. The second-order valence-corrected chi connectivity index (χ2v) is 21.6. The molecular weight excluding hydrogens is 1040 g/mol. The summed E-state index contributed by atoms with van der Waals surface area (Å²) in [5.41, 5.74) is 3.35. The van der Waals surface area contributed by atoms with Gasteiger partial charge in [-0.3, -0.25) is 24.0 Å². The molecule has 81 heavy (non-hydrogen) atoms. The third kappa shape index (κ3) is 30.6. The number of carboxylic acids is 1. The minimum Gasteiger partial charge on any atom is -0.496 e. The number of unbranched alkanes of at least 4 members (excludes halogenated alkanes) is 24. The summed E-state index contributed by atoms with van der Waals surface area (Å²) >= 11 is 0. The summed E-state index contributed by atoms with van der Waals surface area (Å²) in [6.45, 7) is 6.83. The van der Waals surface area contributed by atoms with Crippen molar-refractivity contribution in [1.82, 2.24) is 0 Å². The van der Waals surface area contributed by atoms with Crippen LogP contribution in [0.25, 0.3) is 0 Å². The fourth-order valence-corrected chi connectivity index (χ4v) is 9.68. The summed E-state index contributed by atoms with van der Waals surface area (Å²) in [5, 5.41) is 9.11. The molecule has 0 radical (unpaired) electrons. The molecule has 2 aromatic carbocycles. The van der Waals surface area contributed by atoms with Crippen LogP contribution in [0.15, 0.2) is 35.9 Å². The van der Waals surface area contributed by atoms with Crippen LogP contribution in [-0.4, -0.2) is 79.9 Å². The number of fused-ring (bicyclic) bond motifs is 1. The van der Waals surface area contributed by atoms with Gasteiger partial charge in [0.15, 0.2) is 12.7 Å². The van der Waals surface area contributed by atoms with Crippen molar-refractivity contribution in [3.8, 4) is 17.2 Å². The highest BCUT2D eigenvalue weighted by molar-refractivity contribution is 5.98. The van der Waals surface area contributed by atoms with Gasteiger partial charge in [-0.25, -0.2) is 9.59 Å². The van der Waals surface area contributed by atoms with E-state index in [0.29, 0.717) is 47.3 Å². The first kappa shape index (κ1) is 69.3. The molecule has 454 valence electrons. The summed E-state index contributed by atoms with van der Waals surface area (Å²) in [6, 6.07) is 6.22. The molecule has 16 nitrogen and oxygen atoms in total. The van der Waals surface area contributed by atoms with Crippen molar-refractivity contribution in [2.24, 2.45) is 0 Å². The van der Waals surface area contributed by atoms with Crippen molar-refractivity contribution in [3.63, 3.8) is 0 Å². The highest BCUT2D eigenvalue weighted by atomic mass is 16.6. The van der Waals surface area contributed by atoms with E-state index in [1.165, 1.54) is 135 Å². The molecule has 0 saturated heterocycles. The number of cyclic esters (lactones) is 1. The number of carbonyl (C=O) groups excluding carboxylic acids is 6. The largest absolute Gasteiger partial charge is 0.496 e. The van der Waals surface area contributed by atoms with E-state index in [9.17, 15) is 33.6 Å². The number of hydrogen-bond acceptors (Lipinski definition) is 15. The number of methoxy groups -OCH3 is 1. The van der Waals surface area contributed by atoms with Gasteiger partial charge in [0.25, 0.3) is 0 Å². The van der Waals surface area contributed by atoms with Crippen LogP contribution < -0.4 is 14.2 Å². The molecule has 1 aliphatic rings. The van der Waals surface area contributed by atoms with Gasteiger partial charge in [0.05, 0.1) is 20.0 Å². The van der Waals surface area contributed by atoms with Crippen LogP contribution in [0.4, 0.5) is 0 Å². The van der Waals surface area contributed by atoms with Gasteiger partial charge in [-0.05, 0) is 62.8 Å². The van der Waals surface area contributed by atoms with Gasteiger partial charge in [-0.1, -0.05) is 192 Å². The molecule has 3 rings (SSSR count). The molecule has 0 atom stereocenters. The van der Waals surface area contributed by atoms with Crippen LogP contribution in [-0.2, 0) is 72.1 Å². The highest BCUT2D eigenvalue weighted by Crippen LogP contribution is 2.43. The zero-order valence-corrected chi connectivity index (χ0v) is 49.9. The smallest absolute Gasteiger partial charge is 0.344 e. The van der Waals surface area contributed by atoms with Crippen molar-refractivity contribution >= 4 is 41.8 Å². The first-order chi connectivity index (χ1) is 39.3. The van der Waals surface area contributed by atoms with Crippen molar-refractivity contribution in [1.29, 1.82) is 0 Å². The molecule has 2 aromatic rings. The number of carboxylic acid groups (broad SMARTS) is 1. The molecule has 0 bridgehead atoms. The molecule has 0 spiro atoms. The lowest BCUT2D eigenvalue weighted by atomic mass is 9.94. The molecule has 0 amide bonds. The maximum atomic E-state index is 13.0. The minimum atomic E-state index is -1.05. The molecule has 0 aromatic heterocycles. The summed E-state index contributed by atoms with van der Waals surface area (Å²) in [6.07, 6.45) is 32.0. The molecule has 1 heterocycles. The van der Waals surface area contributed by atoms with Gasteiger partial charge < -0.3 is 43.0 Å². The number of ether oxygens (including phenoxy) is 8. The normalized spacial score (nSPS) is 12.0. The van der Waals surface area contributed by atoms with Gasteiger partial charge in [0.1, 0.15) is 49.2 Å². The molecule has 1 aliphatic heterocycles. The number of benzene rings is 2. The molecule has 1 N–H and O–H groups in total. The lowest BCUT2D eigenvalue weighted by Crippen LogP contribution is -2.31. The van der Waals surface area contributed by atoms with Crippen LogP contribution in [0.2, 0.25) is 0 Å². The Hall–Kier alpha value is -5.93. The number of esters is 6. The lowest BCUT2D eigenvalue weighted by Gasteiger charge is -2.19. The van der Waals surface area contributed by atoms with Crippen molar-refractivity contribution in [2.45, 2.75) is 259 Å². The maximum absolute atomic E-state index is 13.0. The van der Waals surface area contributed by atoms with Gasteiger partial charge in [0, 0.05) is 30.4 Å². The van der Waals surface area contributed by atoms with E-state index in [1.54, 1.807) is 19.1 Å². The summed E-state index contributed by atoms with van der Waals surface area (Å²) in [7, 11) is 1.49. The minimum absolute atomic E-state index is 0.0161. The third-order valence-electron chi connectivity index (χ3n) is 14.6. The quantitative estimate of drug-likeness (QED) is 0.0214. The standard InChI is InChI=1S/C65H98O16/c1-6-8-10-12-14-16-18-20-22-24-26-28-30-32-57(68)76-45-53(46-77-58(69)33-31-29-27-25-23-21-19-17-15-13-11-9-7-2)81-60(71)43-42-59(70)80-52-38-36-51(37-39-52)44-75-61(72)48-78-64-54(40-34-49(3)35-41-56(66)67)63(74-5)50(4)55-47-79-65(73)62(55)64/h34,36-39,53H,6-33,35,40-48H2,1-5H3,(H,66,67)/b49-34+. The van der Waals surface area contributed by atoms with E-state index in [0.717, 1.165) is 44.1 Å². The van der Waals surface area contributed by atoms with Crippen LogP contribution in [0.3, 0.4) is 0 Å². The van der Waals surface area contributed by atoms with E-state index in [4.69, 9.17) is 43.0 Å². The van der Waals surface area contributed by atoms with E-state index in [1.807, 2.05) is 13.0 Å². The SMILES string of the molecule is CCCCCCCCCCCCCCCC(=O)OCC(COC(=O)CCCCCCCCCCCCCCC)OC(=O)CCC(=O)Oc1ccc(COC(=O)COc2c(C/C=C(\C)CCC(=O)O)c(OC)c(C)c3c2C(=O)OC3)cc1. The second kappa shape index (κ2) is 42.8. The van der Waals surface area contributed by atoms with E-state index < -0.39 is 54.5 Å². The molecule has 0 unspecified atom stereocenters. The number of carbonyl (C=O) groups is 7. The third-order valence-corrected chi connectivity index (χ3v) is 14.6. The molecule has 0 aliphatic carbocycles. The Morgan fingerprint density at radius 3 is 1.54 bits per heavy atom. The Labute approximate surface area is 483 Å². The maximum Gasteiger partial charge on any atom is 0.344 e. The summed E-state index contributed by atoms with van der Waals surface area (Å²) in [5.74, 6) is -3.78. The zero-order chi connectivity index (χ0) is 58.9. The molecular formula is C65H98O16. The van der Waals surface area contributed by atoms with Gasteiger partial charge >= 0.3 is 41.8 Å². The van der Waals surface area contributed by atoms with Crippen molar-refractivity contribution in [2.75, 3.05) is 26.9 Å². The number of hydrogen-bond donors (Lipinski definition) is 1. The monoisotopic (exact) mass is 1130 g/mol. The lowest BCUT2D eigenvalue weighted by molar-refractivity contribution is -0.167. The fraction of sp³-hybridized carbons (Fsp3) is 0.677. The number of allylic oxidation sites excluding steroid dienone is 2. The Kier molecular flexibility index (Phi) is 36.7. The zero-order valence-electron chi connectivity index (χ0n) is 49.9. The van der Waals surface area contributed by atoms with Gasteiger partial charge in [-0.2, -0.15) is 0 Å². The average Bonchev–Trinajstić information content (AvgIpc) is 3.99. The molecule has 0 fully saturated rings. The summed E-state index contributed by atoms with van der Waals surface area (Å²) < 4.78 is 44.5. The summed E-state index contributed by atoms with van der Waals surface area (Å²) in [4.78, 5) is 88.3. The second-order valence-electron chi connectivity index (χ2n) is 21.6. The fourth-order valence-electron chi connectivity index (χ4n) is 9.68. The Bertz CT molecular complexity index is 2170. The predicted molar refractivity (Wildman–Crippen MR) is 310 cm³/mol. The van der Waals surface area contributed by atoms with Gasteiger partial charge in [0.2, 0.25) is 0 Å². The Balaban J connectivity index is 1.45. The Morgan fingerprint density at radius 2 is 1.06 bits per heavy atom. The molecule has 16 heteroatoms. The van der Waals surface area contributed by atoms with E-state index in [-0.39, 0.29) is 82.0 Å². The van der Waals surface area contributed by atoms with Crippen LogP contribution >= 0.6 is 0 Å². The number of rotatable bonds is 48. The van der Waals surface area contributed by atoms with Crippen LogP contribution in [0, 0.1) is 6.92 Å². The average molecular weight is 1140 g/mol. The van der Waals surface area contributed by atoms with Crippen molar-refractivity contribution in [3.05, 3.63) is 63.7 Å². The highest BCUT2D eigenvalue weighted by Gasteiger charge is 2.33. The van der Waals surface area contributed by atoms with Crippen LogP contribution in [0.1, 0.15) is 259 Å².